The van der Waals surface area contributed by atoms with E-state index in [9.17, 15) is 13.6 Å². The molecule has 0 radical (unpaired) electrons. The van der Waals surface area contributed by atoms with Crippen LogP contribution in [-0.2, 0) is 0 Å². The molecule has 3 nitrogen and oxygen atoms in total. The maximum atomic E-state index is 12.9. The molecule has 20 heavy (non-hydrogen) atoms. The molecule has 0 spiro atoms. The number of hydrogen-bond donors (Lipinski definition) is 1. The number of ether oxygens (including phenoxy) is 1. The molecule has 0 saturated carbocycles. The van der Waals surface area contributed by atoms with Crippen LogP contribution in [0.4, 0.5) is 8.78 Å². The Morgan fingerprint density at radius 2 is 1.75 bits per heavy atom. The molecule has 0 fully saturated rings. The topological polar surface area (TPSA) is 38.3 Å². The van der Waals surface area contributed by atoms with Crippen molar-refractivity contribution in [3.63, 3.8) is 0 Å². The van der Waals surface area contributed by atoms with Crippen molar-refractivity contribution in [3.05, 3.63) is 65.7 Å². The van der Waals surface area contributed by atoms with E-state index in [4.69, 9.17) is 4.74 Å². The van der Waals surface area contributed by atoms with Crippen LogP contribution in [0.3, 0.4) is 0 Å². The number of carbonyl (C=O) groups is 1. The van der Waals surface area contributed by atoms with Crippen LogP contribution in [0.1, 0.15) is 10.4 Å². The van der Waals surface area contributed by atoms with Crippen LogP contribution >= 0.6 is 0 Å². The number of benzene rings is 2. The van der Waals surface area contributed by atoms with Crippen molar-refractivity contribution in [1.29, 1.82) is 0 Å². The highest BCUT2D eigenvalue weighted by Gasteiger charge is 2.05. The highest BCUT2D eigenvalue weighted by molar-refractivity contribution is 5.94. The predicted molar refractivity (Wildman–Crippen MR) is 70.6 cm³/mol. The van der Waals surface area contributed by atoms with Crippen LogP contribution in [0, 0.1) is 11.6 Å². The summed E-state index contributed by atoms with van der Waals surface area (Å²) in [5, 5.41) is 2.59. The van der Waals surface area contributed by atoms with E-state index in [1.807, 2.05) is 0 Å². The lowest BCUT2D eigenvalue weighted by atomic mass is 10.2. The van der Waals surface area contributed by atoms with Gasteiger partial charge in [-0.25, -0.2) is 8.78 Å². The Labute approximate surface area is 115 Å². The van der Waals surface area contributed by atoms with Crippen LogP contribution in [0.25, 0.3) is 0 Å². The lowest BCUT2D eigenvalue weighted by molar-refractivity contribution is 0.0946. The molecule has 2 aromatic carbocycles. The molecule has 0 aliphatic rings. The second-order valence-corrected chi connectivity index (χ2v) is 4.07. The van der Waals surface area contributed by atoms with Crippen LogP contribution in [0.15, 0.2) is 48.5 Å². The van der Waals surface area contributed by atoms with Gasteiger partial charge in [-0.1, -0.05) is 12.1 Å². The highest BCUT2D eigenvalue weighted by Crippen LogP contribution is 2.11. The van der Waals surface area contributed by atoms with Crippen molar-refractivity contribution in [1.82, 2.24) is 5.32 Å². The number of hydrogen-bond acceptors (Lipinski definition) is 2. The van der Waals surface area contributed by atoms with Crippen molar-refractivity contribution in [2.75, 3.05) is 13.2 Å². The summed E-state index contributed by atoms with van der Waals surface area (Å²) >= 11 is 0. The minimum atomic E-state index is -0.464. The summed E-state index contributed by atoms with van der Waals surface area (Å²) in [5.74, 6) is -0.836. The Bertz CT molecular complexity index is 602. The zero-order valence-electron chi connectivity index (χ0n) is 10.6. The van der Waals surface area contributed by atoms with E-state index in [1.54, 1.807) is 6.07 Å². The molecule has 0 atom stereocenters. The standard InChI is InChI=1S/C15H13F2NO2/c16-12-4-1-3-11(9-12)15(19)18-7-8-20-14-6-2-5-13(17)10-14/h1-6,9-10H,7-8H2,(H,18,19). The lowest BCUT2D eigenvalue weighted by Crippen LogP contribution is -2.28. The molecule has 2 rings (SSSR count). The fourth-order valence-electron chi connectivity index (χ4n) is 1.62. The van der Waals surface area contributed by atoms with Crippen molar-refractivity contribution < 1.29 is 18.3 Å². The molecule has 1 amide bonds. The molecule has 0 bridgehead atoms. The molecule has 0 unspecified atom stereocenters. The SMILES string of the molecule is O=C(NCCOc1cccc(F)c1)c1cccc(F)c1. The first-order valence-electron chi connectivity index (χ1n) is 6.07. The molecule has 0 aromatic heterocycles. The maximum Gasteiger partial charge on any atom is 0.251 e. The van der Waals surface area contributed by atoms with Gasteiger partial charge in [-0.3, -0.25) is 4.79 Å². The van der Waals surface area contributed by atoms with E-state index < -0.39 is 5.82 Å². The first-order valence-corrected chi connectivity index (χ1v) is 6.07. The van der Waals surface area contributed by atoms with Crippen molar-refractivity contribution >= 4 is 5.91 Å². The molecule has 0 aliphatic carbocycles. The minimum absolute atomic E-state index is 0.199. The Morgan fingerprint density at radius 1 is 1.05 bits per heavy atom. The van der Waals surface area contributed by atoms with Gasteiger partial charge >= 0.3 is 0 Å². The third-order valence-electron chi connectivity index (χ3n) is 2.54. The minimum Gasteiger partial charge on any atom is -0.492 e. The first-order chi connectivity index (χ1) is 9.65. The second-order valence-electron chi connectivity index (χ2n) is 4.07. The summed E-state index contributed by atoms with van der Waals surface area (Å²) in [7, 11) is 0. The van der Waals surface area contributed by atoms with Gasteiger partial charge in [0.05, 0.1) is 6.54 Å². The molecule has 0 aliphatic heterocycles. The highest BCUT2D eigenvalue weighted by atomic mass is 19.1. The van der Waals surface area contributed by atoms with Crippen LogP contribution in [0.5, 0.6) is 5.75 Å². The average molecular weight is 277 g/mol. The summed E-state index contributed by atoms with van der Waals surface area (Å²) in [4.78, 5) is 11.7. The summed E-state index contributed by atoms with van der Waals surface area (Å²) in [6, 6.07) is 11.1. The third kappa shape index (κ3) is 4.05. The summed E-state index contributed by atoms with van der Waals surface area (Å²) in [6.07, 6.45) is 0. The summed E-state index contributed by atoms with van der Waals surface area (Å²) < 4.78 is 31.1. The van der Waals surface area contributed by atoms with E-state index in [0.717, 1.165) is 6.07 Å². The summed E-state index contributed by atoms with van der Waals surface area (Å²) in [5.41, 5.74) is 0.246. The van der Waals surface area contributed by atoms with Crippen LogP contribution in [0.2, 0.25) is 0 Å². The van der Waals surface area contributed by atoms with Crippen molar-refractivity contribution in [3.8, 4) is 5.75 Å². The van der Waals surface area contributed by atoms with Crippen LogP contribution < -0.4 is 10.1 Å². The number of carbonyl (C=O) groups excluding carboxylic acids is 1. The quantitative estimate of drug-likeness (QED) is 0.853. The van der Waals surface area contributed by atoms with Gasteiger partial charge in [0.1, 0.15) is 24.0 Å². The van der Waals surface area contributed by atoms with E-state index in [1.165, 1.54) is 36.4 Å². The Kier molecular flexibility index (Phi) is 4.65. The number of rotatable bonds is 5. The number of halogens is 2. The van der Waals surface area contributed by atoms with Gasteiger partial charge in [-0.15, -0.1) is 0 Å². The molecular weight excluding hydrogens is 264 g/mol. The Morgan fingerprint density at radius 3 is 2.45 bits per heavy atom. The molecule has 5 heteroatoms. The second kappa shape index (κ2) is 6.65. The van der Waals surface area contributed by atoms with Crippen molar-refractivity contribution in [2.45, 2.75) is 0 Å². The fourth-order valence-corrected chi connectivity index (χ4v) is 1.62. The number of nitrogens with one attached hydrogen (secondary N) is 1. The van der Waals surface area contributed by atoms with E-state index >= 15 is 0 Å². The molecule has 104 valence electrons. The van der Waals surface area contributed by atoms with Gasteiger partial charge < -0.3 is 10.1 Å². The average Bonchev–Trinajstić information content (AvgIpc) is 2.43. The molecular formula is C15H13F2NO2. The van der Waals surface area contributed by atoms with Gasteiger partial charge in [0.25, 0.3) is 5.91 Å². The normalized spacial score (nSPS) is 10.1. The third-order valence-corrected chi connectivity index (χ3v) is 2.54. The fraction of sp³-hybridized carbons (Fsp3) is 0.133. The maximum absolute atomic E-state index is 12.9. The zero-order chi connectivity index (χ0) is 14.4. The monoisotopic (exact) mass is 277 g/mol. The smallest absolute Gasteiger partial charge is 0.251 e. The van der Waals surface area contributed by atoms with Gasteiger partial charge in [0.15, 0.2) is 0 Å². The summed E-state index contributed by atoms with van der Waals surface area (Å²) in [6.45, 7) is 0.441. The number of amides is 1. The van der Waals surface area contributed by atoms with E-state index in [2.05, 4.69) is 5.32 Å². The van der Waals surface area contributed by atoms with E-state index in [-0.39, 0.29) is 30.4 Å². The van der Waals surface area contributed by atoms with Gasteiger partial charge in [0.2, 0.25) is 0 Å². The molecule has 0 heterocycles. The largest absolute Gasteiger partial charge is 0.492 e. The lowest BCUT2D eigenvalue weighted by Gasteiger charge is -2.08. The molecule has 2 aromatic rings. The Balaban J connectivity index is 1.77. The van der Waals surface area contributed by atoms with Crippen LogP contribution in [-0.4, -0.2) is 19.1 Å². The van der Waals surface area contributed by atoms with Gasteiger partial charge in [-0.2, -0.15) is 0 Å². The van der Waals surface area contributed by atoms with Crippen molar-refractivity contribution in [2.24, 2.45) is 0 Å². The Hall–Kier alpha value is -2.43. The zero-order valence-corrected chi connectivity index (χ0v) is 10.6. The molecule has 1 N–H and O–H groups in total. The predicted octanol–water partition coefficient (Wildman–Crippen LogP) is 2.77. The van der Waals surface area contributed by atoms with E-state index in [0.29, 0.717) is 5.75 Å². The van der Waals surface area contributed by atoms with Gasteiger partial charge in [0, 0.05) is 11.6 Å². The molecule has 0 saturated heterocycles. The van der Waals surface area contributed by atoms with Gasteiger partial charge in [-0.05, 0) is 30.3 Å². The first kappa shape index (κ1) is 14.0.